The van der Waals surface area contributed by atoms with Gasteiger partial charge in [0.2, 0.25) is 0 Å². The molecule has 1 unspecified atom stereocenters. The molecule has 4 rings (SSSR count). The number of carbonyl (C=O) groups excluding carboxylic acids is 1. The molecule has 3 aromatic carbocycles. The van der Waals surface area contributed by atoms with E-state index in [2.05, 4.69) is 58.0 Å². The average molecular weight is 468 g/mol. The summed E-state index contributed by atoms with van der Waals surface area (Å²) in [6.07, 6.45) is 0.785. The van der Waals surface area contributed by atoms with E-state index in [1.165, 1.54) is 11.1 Å². The van der Waals surface area contributed by atoms with E-state index < -0.39 is 5.54 Å². The second-order valence-electron chi connectivity index (χ2n) is 9.30. The van der Waals surface area contributed by atoms with Crippen LogP contribution in [0.5, 0.6) is 5.75 Å². The number of rotatable bonds is 4. The molecule has 32 heavy (non-hydrogen) atoms. The number of hydrogen-bond donors (Lipinski definition) is 0. The van der Waals surface area contributed by atoms with Gasteiger partial charge in [-0.15, -0.1) is 0 Å². The van der Waals surface area contributed by atoms with Gasteiger partial charge in [0.15, 0.2) is 6.61 Å². The molecule has 1 amide bonds. The normalized spacial score (nSPS) is 19.4. The lowest BCUT2D eigenvalue weighted by Crippen LogP contribution is -2.57. The van der Waals surface area contributed by atoms with E-state index in [9.17, 15) is 4.79 Å². The molecule has 0 aliphatic carbocycles. The highest BCUT2D eigenvalue weighted by Crippen LogP contribution is 2.50. The summed E-state index contributed by atoms with van der Waals surface area (Å²) in [5.41, 5.74) is 3.91. The highest BCUT2D eigenvalue weighted by atomic mass is 35.5. The summed E-state index contributed by atoms with van der Waals surface area (Å²) in [6.45, 7) is 8.48. The van der Waals surface area contributed by atoms with Crippen LogP contribution in [-0.4, -0.2) is 18.1 Å². The number of hydrogen-bond acceptors (Lipinski definition) is 2. The summed E-state index contributed by atoms with van der Waals surface area (Å²) in [6, 6.07) is 21.9. The van der Waals surface area contributed by atoms with Crippen LogP contribution < -0.4 is 9.64 Å². The molecular weight excluding hydrogens is 441 g/mol. The number of halogens is 2. The van der Waals surface area contributed by atoms with Gasteiger partial charge >= 0.3 is 0 Å². The molecule has 1 heterocycles. The van der Waals surface area contributed by atoms with E-state index >= 15 is 0 Å². The van der Waals surface area contributed by atoms with Crippen LogP contribution in [-0.2, 0) is 10.2 Å². The first-order valence-corrected chi connectivity index (χ1v) is 11.4. The number of ether oxygens (including phenoxy) is 1. The molecule has 0 saturated heterocycles. The lowest BCUT2D eigenvalue weighted by Gasteiger charge is -2.51. The predicted octanol–water partition coefficient (Wildman–Crippen LogP) is 7.20. The van der Waals surface area contributed by atoms with Gasteiger partial charge in [-0.3, -0.25) is 4.79 Å². The van der Waals surface area contributed by atoms with Crippen molar-refractivity contribution in [3.8, 4) is 5.75 Å². The van der Waals surface area contributed by atoms with E-state index in [1.807, 2.05) is 23.1 Å². The summed E-state index contributed by atoms with van der Waals surface area (Å²) in [5, 5.41) is 0.908. The maximum Gasteiger partial charge on any atom is 0.265 e. The number of para-hydroxylation sites is 1. The first-order chi connectivity index (χ1) is 15.1. The largest absolute Gasteiger partial charge is 0.482 e. The first-order valence-electron chi connectivity index (χ1n) is 10.7. The van der Waals surface area contributed by atoms with Crippen molar-refractivity contribution in [1.29, 1.82) is 0 Å². The summed E-state index contributed by atoms with van der Waals surface area (Å²) < 4.78 is 5.78. The van der Waals surface area contributed by atoms with Gasteiger partial charge in [0.25, 0.3) is 5.91 Å². The number of carbonyl (C=O) groups is 1. The lowest BCUT2D eigenvalue weighted by molar-refractivity contribution is -0.121. The lowest BCUT2D eigenvalue weighted by atomic mass is 9.65. The van der Waals surface area contributed by atoms with Crippen molar-refractivity contribution in [2.75, 3.05) is 11.5 Å². The van der Waals surface area contributed by atoms with Crippen molar-refractivity contribution in [3.05, 3.63) is 93.5 Å². The van der Waals surface area contributed by atoms with Crippen molar-refractivity contribution < 1.29 is 9.53 Å². The third-order valence-corrected chi connectivity index (χ3v) is 6.84. The van der Waals surface area contributed by atoms with Crippen molar-refractivity contribution in [2.24, 2.45) is 0 Å². The number of amides is 1. The summed E-state index contributed by atoms with van der Waals surface area (Å²) in [5.74, 6) is 0.330. The third-order valence-electron chi connectivity index (χ3n) is 6.31. The monoisotopic (exact) mass is 467 g/mol. The smallest absolute Gasteiger partial charge is 0.265 e. The quantitative estimate of drug-likeness (QED) is 0.405. The van der Waals surface area contributed by atoms with Gasteiger partial charge in [0.05, 0.1) is 5.02 Å². The van der Waals surface area contributed by atoms with Crippen LogP contribution >= 0.6 is 23.2 Å². The maximum absolute atomic E-state index is 13.5. The number of benzene rings is 3. The molecule has 3 nitrogen and oxygen atoms in total. The Labute approximate surface area is 199 Å². The van der Waals surface area contributed by atoms with Gasteiger partial charge in [-0.25, -0.2) is 0 Å². The molecule has 0 spiro atoms. The molecule has 5 heteroatoms. The van der Waals surface area contributed by atoms with E-state index in [1.54, 1.807) is 18.2 Å². The van der Waals surface area contributed by atoms with Crippen LogP contribution in [0.1, 0.15) is 43.9 Å². The molecule has 1 aliphatic rings. The number of aryl methyl sites for hydroxylation is 1. The standard InChI is InChI=1S/C27H27Cl2NO2/c1-18-9-11-19(12-10-18)27(4)17-26(2,3)30(23-8-6-5-7-21(23)27)25(31)16-32-24-14-13-20(28)15-22(24)29/h5-15H,16-17H2,1-4H3. The number of fused-ring (bicyclic) bond motifs is 1. The highest BCUT2D eigenvalue weighted by Gasteiger charge is 2.47. The number of anilines is 1. The Morgan fingerprint density at radius 1 is 1.00 bits per heavy atom. The Hall–Kier alpha value is -2.49. The van der Waals surface area contributed by atoms with Gasteiger partial charge in [-0.05, 0) is 62.6 Å². The Balaban J connectivity index is 1.69. The Morgan fingerprint density at radius 3 is 2.38 bits per heavy atom. The zero-order valence-corrected chi connectivity index (χ0v) is 20.3. The summed E-state index contributed by atoms with van der Waals surface area (Å²) in [4.78, 5) is 15.3. The SMILES string of the molecule is Cc1ccc(C2(C)CC(C)(C)N(C(=O)COc3ccc(Cl)cc3Cl)c3ccccc32)cc1. The van der Waals surface area contributed by atoms with E-state index in [-0.39, 0.29) is 17.9 Å². The second-order valence-corrected chi connectivity index (χ2v) is 10.1. The third kappa shape index (κ3) is 4.12. The molecule has 166 valence electrons. The molecule has 1 aliphatic heterocycles. The Bertz CT molecular complexity index is 1160. The average Bonchev–Trinajstić information content (AvgIpc) is 2.73. The minimum absolute atomic E-state index is 0.111. The summed E-state index contributed by atoms with van der Waals surface area (Å²) in [7, 11) is 0. The molecule has 0 bridgehead atoms. The van der Waals surface area contributed by atoms with Crippen LogP contribution in [0.3, 0.4) is 0 Å². The molecular formula is C27H27Cl2NO2. The van der Waals surface area contributed by atoms with Crippen LogP contribution in [0.4, 0.5) is 5.69 Å². The van der Waals surface area contributed by atoms with Gasteiger partial charge in [0.1, 0.15) is 5.75 Å². The fourth-order valence-corrected chi connectivity index (χ4v) is 5.41. The van der Waals surface area contributed by atoms with Crippen LogP contribution in [0.15, 0.2) is 66.7 Å². The van der Waals surface area contributed by atoms with E-state index in [0.29, 0.717) is 15.8 Å². The predicted molar refractivity (Wildman–Crippen MR) is 132 cm³/mol. The van der Waals surface area contributed by atoms with Crippen molar-refractivity contribution in [2.45, 2.75) is 45.1 Å². The van der Waals surface area contributed by atoms with E-state index in [4.69, 9.17) is 27.9 Å². The topological polar surface area (TPSA) is 29.5 Å². The van der Waals surface area contributed by atoms with Crippen molar-refractivity contribution in [1.82, 2.24) is 0 Å². The molecule has 1 atom stereocenters. The molecule has 3 aromatic rings. The van der Waals surface area contributed by atoms with Crippen LogP contribution in [0.25, 0.3) is 0 Å². The zero-order valence-electron chi connectivity index (χ0n) is 18.8. The first kappa shape index (κ1) is 22.7. The Kier molecular flexibility index (Phi) is 6.00. The fraction of sp³-hybridized carbons (Fsp3) is 0.296. The highest BCUT2D eigenvalue weighted by molar-refractivity contribution is 6.35. The second kappa shape index (κ2) is 8.46. The molecule has 0 saturated carbocycles. The minimum Gasteiger partial charge on any atom is -0.482 e. The Morgan fingerprint density at radius 2 is 1.69 bits per heavy atom. The van der Waals surface area contributed by atoms with Gasteiger partial charge in [-0.1, -0.05) is 78.2 Å². The number of nitrogens with zero attached hydrogens (tertiary/aromatic N) is 1. The van der Waals surface area contributed by atoms with Crippen molar-refractivity contribution >= 4 is 34.8 Å². The fourth-order valence-electron chi connectivity index (χ4n) is 4.95. The van der Waals surface area contributed by atoms with Crippen LogP contribution in [0.2, 0.25) is 10.0 Å². The van der Waals surface area contributed by atoms with Crippen molar-refractivity contribution in [3.63, 3.8) is 0 Å². The summed E-state index contributed by atoms with van der Waals surface area (Å²) >= 11 is 12.2. The molecule has 0 aromatic heterocycles. The molecule has 0 fully saturated rings. The minimum atomic E-state index is -0.418. The molecule has 0 radical (unpaired) electrons. The van der Waals surface area contributed by atoms with Gasteiger partial charge in [0, 0.05) is 21.7 Å². The maximum atomic E-state index is 13.5. The van der Waals surface area contributed by atoms with E-state index in [0.717, 1.165) is 17.7 Å². The van der Waals surface area contributed by atoms with Crippen LogP contribution in [0, 0.1) is 6.92 Å². The van der Waals surface area contributed by atoms with Gasteiger partial charge < -0.3 is 9.64 Å². The molecule has 0 N–H and O–H groups in total. The zero-order chi connectivity index (χ0) is 23.1. The van der Waals surface area contributed by atoms with Gasteiger partial charge in [-0.2, -0.15) is 0 Å².